The molecule has 14 heavy (non-hydrogen) atoms. The zero-order valence-corrected chi connectivity index (χ0v) is 8.78. The summed E-state index contributed by atoms with van der Waals surface area (Å²) in [4.78, 5) is 19.7. The van der Waals surface area contributed by atoms with Crippen molar-refractivity contribution in [3.8, 4) is 0 Å². The molecule has 3 heteroatoms. The van der Waals surface area contributed by atoms with Gasteiger partial charge in [0, 0.05) is 12.5 Å². The van der Waals surface area contributed by atoms with E-state index in [9.17, 15) is 4.79 Å². The van der Waals surface area contributed by atoms with Crippen LogP contribution in [0, 0.1) is 0 Å². The minimum absolute atomic E-state index is 0.0839. The van der Waals surface area contributed by atoms with Crippen LogP contribution in [0.2, 0.25) is 0 Å². The molecule has 0 heterocycles. The van der Waals surface area contributed by atoms with Crippen LogP contribution >= 0.6 is 0 Å². The normalized spacial score (nSPS) is 10.4. The van der Waals surface area contributed by atoms with Gasteiger partial charge in [-0.25, -0.2) is 0 Å². The van der Waals surface area contributed by atoms with E-state index >= 15 is 0 Å². The molecule has 0 aliphatic rings. The lowest BCUT2D eigenvalue weighted by Gasteiger charge is -1.90. The third kappa shape index (κ3) is 13.0. The van der Waals surface area contributed by atoms with Gasteiger partial charge >= 0.3 is 0 Å². The first-order valence-corrected chi connectivity index (χ1v) is 4.11. The predicted octanol–water partition coefficient (Wildman–Crippen LogP) is 2.35. The number of hydrogen-bond acceptors (Lipinski definition) is 2. The molecule has 1 N–H and O–H groups in total. The van der Waals surface area contributed by atoms with Crippen molar-refractivity contribution in [2.75, 3.05) is 0 Å². The van der Waals surface area contributed by atoms with Crippen LogP contribution in [0.25, 0.3) is 0 Å². The number of allylic oxidation sites excluding steroid dienone is 5. The van der Waals surface area contributed by atoms with Crippen molar-refractivity contribution >= 4 is 11.8 Å². The van der Waals surface area contributed by atoms with Crippen molar-refractivity contribution < 1.29 is 14.7 Å². The summed E-state index contributed by atoms with van der Waals surface area (Å²) in [5, 5.41) is 7.42. The number of carboxylic acid groups (broad SMARTS) is 1. The molecule has 0 saturated carbocycles. The Bertz CT molecular complexity index is 256. The van der Waals surface area contributed by atoms with Gasteiger partial charge in [0.2, 0.25) is 0 Å². The predicted molar refractivity (Wildman–Crippen MR) is 57.1 cm³/mol. The molecular weight excluding hydrogens is 180 g/mol. The van der Waals surface area contributed by atoms with Gasteiger partial charge in [0.25, 0.3) is 5.97 Å². The zero-order valence-electron chi connectivity index (χ0n) is 8.78. The molecule has 0 radical (unpaired) electrons. The highest BCUT2D eigenvalue weighted by Gasteiger charge is 1.93. The molecule has 0 fully saturated rings. The summed E-state index contributed by atoms with van der Waals surface area (Å²) in [5.41, 5.74) is 0.722. The van der Waals surface area contributed by atoms with Crippen LogP contribution in [-0.4, -0.2) is 16.9 Å². The first-order valence-electron chi connectivity index (χ1n) is 4.11. The quantitative estimate of drug-likeness (QED) is 0.557. The van der Waals surface area contributed by atoms with Crippen LogP contribution in [0.4, 0.5) is 0 Å². The van der Waals surface area contributed by atoms with Gasteiger partial charge in [-0.1, -0.05) is 30.9 Å². The third-order valence-electron chi connectivity index (χ3n) is 1.13. The lowest BCUT2D eigenvalue weighted by molar-refractivity contribution is -0.134. The maximum Gasteiger partial charge on any atom is 0.300 e. The fourth-order valence-electron chi connectivity index (χ4n) is 0.589. The summed E-state index contributed by atoms with van der Waals surface area (Å²) < 4.78 is 0. The van der Waals surface area contributed by atoms with Gasteiger partial charge in [-0.2, -0.15) is 0 Å². The summed E-state index contributed by atoms with van der Waals surface area (Å²) in [6.45, 7) is 7.97. The van der Waals surface area contributed by atoms with Crippen molar-refractivity contribution in [2.24, 2.45) is 0 Å². The highest BCUT2D eigenvalue weighted by molar-refractivity contribution is 5.95. The van der Waals surface area contributed by atoms with Gasteiger partial charge in [0.05, 0.1) is 0 Å². The first kappa shape index (κ1) is 14.9. The molecule has 0 atom stereocenters. The van der Waals surface area contributed by atoms with Crippen LogP contribution in [0.5, 0.6) is 0 Å². The molecule has 0 aromatic carbocycles. The maximum atomic E-state index is 10.7. The smallest absolute Gasteiger partial charge is 0.300 e. The second-order valence-corrected chi connectivity index (χ2v) is 2.41. The molecule has 3 nitrogen and oxygen atoms in total. The molecule has 0 aromatic rings. The monoisotopic (exact) mass is 196 g/mol. The Morgan fingerprint density at radius 2 is 1.71 bits per heavy atom. The van der Waals surface area contributed by atoms with Gasteiger partial charge in [-0.15, -0.1) is 0 Å². The lowest BCUT2D eigenvalue weighted by Crippen LogP contribution is -1.91. The number of hydrogen-bond donors (Lipinski definition) is 1. The van der Waals surface area contributed by atoms with Gasteiger partial charge < -0.3 is 5.11 Å². The molecule has 0 saturated heterocycles. The maximum absolute atomic E-state index is 10.7. The van der Waals surface area contributed by atoms with E-state index in [2.05, 4.69) is 6.58 Å². The highest BCUT2D eigenvalue weighted by Crippen LogP contribution is 1.97. The molecule has 0 aliphatic heterocycles. The fraction of sp³-hybridized carbons (Fsp3) is 0.273. The Kier molecular flexibility index (Phi) is 10.0. The molecule has 0 rings (SSSR count). The average Bonchev–Trinajstić information content (AvgIpc) is 2.04. The van der Waals surface area contributed by atoms with E-state index in [1.165, 1.54) is 0 Å². The van der Waals surface area contributed by atoms with E-state index in [1.807, 2.05) is 6.92 Å². The zero-order chi connectivity index (χ0) is 11.6. The summed E-state index contributed by atoms with van der Waals surface area (Å²) in [5.74, 6) is -0.749. The van der Waals surface area contributed by atoms with E-state index in [-0.39, 0.29) is 5.78 Å². The average molecular weight is 196 g/mol. The van der Waals surface area contributed by atoms with E-state index < -0.39 is 5.97 Å². The van der Waals surface area contributed by atoms with Crippen molar-refractivity contribution in [1.29, 1.82) is 0 Å². The number of ketones is 1. The fourth-order valence-corrected chi connectivity index (χ4v) is 0.589. The number of carbonyl (C=O) groups excluding carboxylic acids is 1. The molecule has 0 bridgehead atoms. The lowest BCUT2D eigenvalue weighted by atomic mass is 10.1. The molecule has 0 aromatic heterocycles. The highest BCUT2D eigenvalue weighted by atomic mass is 16.4. The molecular formula is C11H16O3. The van der Waals surface area contributed by atoms with Crippen molar-refractivity contribution in [3.05, 3.63) is 36.5 Å². The molecule has 0 unspecified atom stereocenters. The van der Waals surface area contributed by atoms with Gasteiger partial charge in [0.1, 0.15) is 0 Å². The summed E-state index contributed by atoms with van der Waals surface area (Å²) >= 11 is 0. The molecule has 0 spiro atoms. The summed E-state index contributed by atoms with van der Waals surface area (Å²) in [6.07, 6.45) is 6.92. The number of carbonyl (C=O) groups is 2. The van der Waals surface area contributed by atoms with Crippen molar-refractivity contribution in [3.63, 3.8) is 0 Å². The second-order valence-electron chi connectivity index (χ2n) is 2.41. The van der Waals surface area contributed by atoms with E-state index in [4.69, 9.17) is 9.90 Å². The number of aliphatic carboxylic acids is 1. The van der Waals surface area contributed by atoms with Gasteiger partial charge in [0.15, 0.2) is 5.78 Å². The second kappa shape index (κ2) is 9.45. The Morgan fingerprint density at radius 3 is 1.93 bits per heavy atom. The van der Waals surface area contributed by atoms with E-state index in [1.54, 1.807) is 31.2 Å². The summed E-state index contributed by atoms with van der Waals surface area (Å²) in [7, 11) is 0. The number of carboxylic acids is 1. The Hall–Kier alpha value is -1.64. The minimum atomic E-state index is -0.833. The molecule has 0 aliphatic carbocycles. The SMILES string of the molecule is C=C/C=C\C(=C/C)C(C)=O.CC(=O)O. The minimum Gasteiger partial charge on any atom is -0.481 e. The van der Waals surface area contributed by atoms with Crippen LogP contribution in [0.3, 0.4) is 0 Å². The molecule has 0 amide bonds. The Labute approximate surface area is 84.4 Å². The Morgan fingerprint density at radius 1 is 1.29 bits per heavy atom. The van der Waals surface area contributed by atoms with Gasteiger partial charge in [-0.05, 0) is 13.8 Å². The van der Waals surface area contributed by atoms with Crippen molar-refractivity contribution in [1.82, 2.24) is 0 Å². The Balaban J connectivity index is 0. The van der Waals surface area contributed by atoms with Crippen LogP contribution in [-0.2, 0) is 9.59 Å². The first-order chi connectivity index (χ1) is 6.45. The van der Waals surface area contributed by atoms with Crippen LogP contribution in [0.1, 0.15) is 20.8 Å². The van der Waals surface area contributed by atoms with Crippen LogP contribution < -0.4 is 0 Å². The topological polar surface area (TPSA) is 54.4 Å². The third-order valence-corrected chi connectivity index (χ3v) is 1.13. The largest absolute Gasteiger partial charge is 0.481 e. The molecule has 78 valence electrons. The van der Waals surface area contributed by atoms with E-state index in [0.717, 1.165) is 12.5 Å². The van der Waals surface area contributed by atoms with Crippen molar-refractivity contribution in [2.45, 2.75) is 20.8 Å². The summed E-state index contributed by atoms with van der Waals surface area (Å²) in [6, 6.07) is 0. The standard InChI is InChI=1S/C9H12O.C2H4O2/c1-4-6-7-9(5-2)8(3)10;1-2(3)4/h4-7H,1H2,2-3H3;1H3,(H,3,4)/b7-6-,9-5+;. The number of Topliss-reactive ketones (excluding diaryl/α,β-unsaturated/α-hetero) is 1. The number of rotatable bonds is 3. The van der Waals surface area contributed by atoms with Gasteiger partial charge in [-0.3, -0.25) is 9.59 Å². The van der Waals surface area contributed by atoms with E-state index in [0.29, 0.717) is 0 Å². The van der Waals surface area contributed by atoms with Crippen LogP contribution in [0.15, 0.2) is 36.5 Å².